The van der Waals surface area contributed by atoms with Crippen molar-refractivity contribution in [2.24, 2.45) is 0 Å². The summed E-state index contributed by atoms with van der Waals surface area (Å²) in [5.74, 6) is 1.76. The molecule has 3 heterocycles. The van der Waals surface area contributed by atoms with E-state index in [0.717, 1.165) is 37.2 Å². The van der Waals surface area contributed by atoms with Crippen molar-refractivity contribution in [2.45, 2.75) is 56.8 Å². The maximum absolute atomic E-state index is 13.3. The number of benzene rings is 1. The lowest BCUT2D eigenvalue weighted by molar-refractivity contribution is 0.0730. The van der Waals surface area contributed by atoms with Gasteiger partial charge in [0.1, 0.15) is 11.6 Å². The van der Waals surface area contributed by atoms with Crippen LogP contribution in [0.25, 0.3) is 16.9 Å². The van der Waals surface area contributed by atoms with Gasteiger partial charge in [0, 0.05) is 19.0 Å². The van der Waals surface area contributed by atoms with Crippen LogP contribution in [0.4, 0.5) is 0 Å². The molecule has 2 aromatic heterocycles. The van der Waals surface area contributed by atoms with Crippen LogP contribution in [0.5, 0.6) is 5.75 Å². The van der Waals surface area contributed by atoms with Crippen LogP contribution in [0.15, 0.2) is 27.9 Å². The lowest BCUT2D eigenvalue weighted by Crippen LogP contribution is -2.40. The Bertz CT molecular complexity index is 1390. The third-order valence-electron chi connectivity index (χ3n) is 6.77. The molecule has 1 aliphatic heterocycles. The standard InChI is InChI=1S/C24H31N5O5S/c1-3-19-21-24(30)26-22(27-29(21)23(25-19)16-7-5-6-8-16)18-15-17(9-10-20(18)34-4-2)35(31,32)28-11-13-33-14-12-28/h9-10,15-16H,3-8,11-14H2,1-2H3,(H,26,27,30). The van der Waals surface area contributed by atoms with Gasteiger partial charge in [-0.3, -0.25) is 4.79 Å². The average Bonchev–Trinajstić information content (AvgIpc) is 3.53. The van der Waals surface area contributed by atoms with E-state index in [1.54, 1.807) is 10.6 Å². The van der Waals surface area contributed by atoms with Crippen molar-refractivity contribution in [3.8, 4) is 17.1 Å². The molecular weight excluding hydrogens is 470 g/mol. The topological polar surface area (TPSA) is 119 Å². The summed E-state index contributed by atoms with van der Waals surface area (Å²) in [6.45, 7) is 5.52. The van der Waals surface area contributed by atoms with Gasteiger partial charge in [0.2, 0.25) is 10.0 Å². The number of nitrogens with zero attached hydrogens (tertiary/aromatic N) is 4. The fourth-order valence-electron chi connectivity index (χ4n) is 4.98. The normalized spacial score (nSPS) is 17.9. The maximum Gasteiger partial charge on any atom is 0.277 e. The first kappa shape index (κ1) is 24.0. The fourth-order valence-corrected chi connectivity index (χ4v) is 6.42. The number of morpholine rings is 1. The second kappa shape index (κ2) is 9.71. The summed E-state index contributed by atoms with van der Waals surface area (Å²) in [6.07, 6.45) is 4.92. The summed E-state index contributed by atoms with van der Waals surface area (Å²) in [7, 11) is -3.74. The van der Waals surface area contributed by atoms with Crippen LogP contribution in [0.3, 0.4) is 0 Å². The molecule has 0 bridgehead atoms. The number of aromatic nitrogens is 4. The number of H-pyrrole nitrogens is 1. The second-order valence-corrected chi connectivity index (χ2v) is 10.9. The van der Waals surface area contributed by atoms with Gasteiger partial charge < -0.3 is 14.5 Å². The van der Waals surface area contributed by atoms with Crippen molar-refractivity contribution >= 4 is 15.5 Å². The highest BCUT2D eigenvalue weighted by Gasteiger charge is 2.29. The Balaban J connectivity index is 1.67. The molecule has 11 heteroatoms. The highest BCUT2D eigenvalue weighted by molar-refractivity contribution is 7.89. The second-order valence-electron chi connectivity index (χ2n) is 8.92. The molecule has 35 heavy (non-hydrogen) atoms. The van der Waals surface area contributed by atoms with E-state index in [0.29, 0.717) is 56.2 Å². The summed E-state index contributed by atoms with van der Waals surface area (Å²) in [4.78, 5) is 21.0. The third-order valence-corrected chi connectivity index (χ3v) is 8.66. The number of hydrogen-bond acceptors (Lipinski definition) is 7. The molecule has 1 saturated carbocycles. The minimum absolute atomic E-state index is 0.122. The van der Waals surface area contributed by atoms with Crippen LogP contribution in [0.2, 0.25) is 0 Å². The van der Waals surface area contributed by atoms with Gasteiger partial charge in [0.05, 0.1) is 36.0 Å². The Hall–Kier alpha value is -2.76. The van der Waals surface area contributed by atoms with Crippen molar-refractivity contribution in [1.29, 1.82) is 0 Å². The lowest BCUT2D eigenvalue weighted by atomic mass is 10.1. The number of sulfonamides is 1. The number of imidazole rings is 1. The van der Waals surface area contributed by atoms with Crippen molar-refractivity contribution in [3.63, 3.8) is 0 Å². The minimum Gasteiger partial charge on any atom is -0.493 e. The Morgan fingerprint density at radius 3 is 2.60 bits per heavy atom. The largest absolute Gasteiger partial charge is 0.493 e. The molecule has 0 unspecified atom stereocenters. The van der Waals surface area contributed by atoms with Crippen LogP contribution in [-0.4, -0.2) is 65.2 Å². The van der Waals surface area contributed by atoms with Gasteiger partial charge in [0.25, 0.3) is 5.56 Å². The van der Waals surface area contributed by atoms with Crippen LogP contribution in [-0.2, 0) is 21.2 Å². The molecule has 2 fully saturated rings. The predicted molar refractivity (Wildman–Crippen MR) is 130 cm³/mol. The molecule has 0 amide bonds. The van der Waals surface area contributed by atoms with Gasteiger partial charge in [0.15, 0.2) is 11.3 Å². The summed E-state index contributed by atoms with van der Waals surface area (Å²) in [5.41, 5.74) is 1.30. The van der Waals surface area contributed by atoms with Gasteiger partial charge in [-0.05, 0) is 44.4 Å². The van der Waals surface area contributed by atoms with E-state index < -0.39 is 10.0 Å². The molecular formula is C24H31N5O5S. The average molecular weight is 502 g/mol. The Kier molecular flexibility index (Phi) is 6.65. The molecule has 188 valence electrons. The van der Waals surface area contributed by atoms with Gasteiger partial charge in [-0.1, -0.05) is 19.8 Å². The number of hydrogen-bond donors (Lipinski definition) is 1. The van der Waals surface area contributed by atoms with Gasteiger partial charge in [-0.25, -0.2) is 17.9 Å². The third kappa shape index (κ3) is 4.36. The van der Waals surface area contributed by atoms with Crippen molar-refractivity contribution in [2.75, 3.05) is 32.9 Å². The predicted octanol–water partition coefficient (Wildman–Crippen LogP) is 2.72. The van der Waals surface area contributed by atoms with Crippen molar-refractivity contribution < 1.29 is 17.9 Å². The molecule has 0 radical (unpaired) electrons. The molecule has 1 N–H and O–H groups in total. The number of aryl methyl sites for hydroxylation is 1. The maximum atomic E-state index is 13.3. The number of nitrogens with one attached hydrogen (secondary N) is 1. The summed E-state index contributed by atoms with van der Waals surface area (Å²) in [6, 6.07) is 4.69. The zero-order valence-electron chi connectivity index (χ0n) is 20.1. The fraction of sp³-hybridized carbons (Fsp3) is 0.542. The molecule has 3 aromatic rings. The molecule has 10 nitrogen and oxygen atoms in total. The minimum atomic E-state index is -3.74. The molecule has 0 atom stereocenters. The van der Waals surface area contributed by atoms with Crippen LogP contribution < -0.4 is 10.3 Å². The highest BCUT2D eigenvalue weighted by Crippen LogP contribution is 2.35. The zero-order valence-corrected chi connectivity index (χ0v) is 20.9. The Labute approximate surface area is 204 Å². The summed E-state index contributed by atoms with van der Waals surface area (Å²) >= 11 is 0. The molecule has 1 aromatic carbocycles. The van der Waals surface area contributed by atoms with E-state index in [-0.39, 0.29) is 22.2 Å². The molecule has 1 saturated heterocycles. The number of ether oxygens (including phenoxy) is 2. The lowest BCUT2D eigenvalue weighted by Gasteiger charge is -2.26. The SMILES string of the molecule is CCOc1ccc(S(=O)(=O)N2CCOCC2)cc1-c1nn2c(C3CCCC3)nc(CC)c2c(=O)[nH]1. The molecule has 5 rings (SSSR count). The Morgan fingerprint density at radius 2 is 1.91 bits per heavy atom. The van der Waals surface area contributed by atoms with Crippen molar-refractivity contribution in [1.82, 2.24) is 23.9 Å². The van der Waals surface area contributed by atoms with E-state index in [9.17, 15) is 13.2 Å². The smallest absolute Gasteiger partial charge is 0.277 e. The summed E-state index contributed by atoms with van der Waals surface area (Å²) in [5, 5.41) is 4.79. The van der Waals surface area contributed by atoms with Gasteiger partial charge in [-0.2, -0.15) is 4.31 Å². The van der Waals surface area contributed by atoms with Crippen LogP contribution in [0, 0.1) is 0 Å². The quantitative estimate of drug-likeness (QED) is 0.529. The van der Waals surface area contributed by atoms with Crippen LogP contribution >= 0.6 is 0 Å². The summed E-state index contributed by atoms with van der Waals surface area (Å²) < 4.78 is 40.8. The first-order valence-corrected chi connectivity index (χ1v) is 13.7. The highest BCUT2D eigenvalue weighted by atomic mass is 32.2. The number of fused-ring (bicyclic) bond motifs is 1. The van der Waals surface area contributed by atoms with Gasteiger partial charge >= 0.3 is 0 Å². The Morgan fingerprint density at radius 1 is 1.17 bits per heavy atom. The van der Waals surface area contributed by atoms with Gasteiger partial charge in [-0.15, -0.1) is 5.10 Å². The van der Waals surface area contributed by atoms with E-state index >= 15 is 0 Å². The van der Waals surface area contributed by atoms with Crippen molar-refractivity contribution in [3.05, 3.63) is 40.1 Å². The monoisotopic (exact) mass is 501 g/mol. The molecule has 2 aliphatic rings. The first-order chi connectivity index (χ1) is 16.9. The number of rotatable bonds is 7. The molecule has 1 aliphatic carbocycles. The number of aromatic amines is 1. The zero-order chi connectivity index (χ0) is 24.6. The van der Waals surface area contributed by atoms with E-state index in [4.69, 9.17) is 19.6 Å². The van der Waals surface area contributed by atoms with E-state index in [1.807, 2.05) is 13.8 Å². The first-order valence-electron chi connectivity index (χ1n) is 12.3. The van der Waals surface area contributed by atoms with E-state index in [1.165, 1.54) is 16.4 Å². The van der Waals surface area contributed by atoms with E-state index in [2.05, 4.69) is 4.98 Å². The molecule has 0 spiro atoms. The van der Waals surface area contributed by atoms with Crippen LogP contribution in [0.1, 0.15) is 57.0 Å².